The number of hydrogen-bond donors (Lipinski definition) is 2. The van der Waals surface area contributed by atoms with Gasteiger partial charge < -0.3 is 19.5 Å². The van der Waals surface area contributed by atoms with E-state index in [-0.39, 0.29) is 4.90 Å². The van der Waals surface area contributed by atoms with Crippen LogP contribution in [-0.2, 0) is 14.8 Å². The molecule has 1 aliphatic heterocycles. The van der Waals surface area contributed by atoms with Gasteiger partial charge >= 0.3 is 6.11 Å². The van der Waals surface area contributed by atoms with E-state index >= 15 is 0 Å². The van der Waals surface area contributed by atoms with Crippen molar-refractivity contribution in [2.75, 3.05) is 4.90 Å². The molecule has 0 bridgehead atoms. The standard InChI is InChI=1S/C29H30F2N2O6S/c1-18(2)28(35)29(30,31)39-19-9-7-10-20(17-19)40(36,37)32-21-11-8-14-24(27(21)34)33-22-12-3-5-15-25(22)38-26-16-6-4-13-23(26)33/h3-7,9-10,12-13,15-18,21,24,27,32,34H,8,11,14H2,1-2H3/t21?,24-,27-/m0/s1. The summed E-state index contributed by atoms with van der Waals surface area (Å²) >= 11 is 0. The van der Waals surface area contributed by atoms with Gasteiger partial charge in [-0.3, -0.25) is 4.79 Å². The lowest BCUT2D eigenvalue weighted by Crippen LogP contribution is -2.56. The van der Waals surface area contributed by atoms with Gasteiger partial charge in [0.15, 0.2) is 11.5 Å². The van der Waals surface area contributed by atoms with Gasteiger partial charge in [-0.15, -0.1) is 0 Å². The van der Waals surface area contributed by atoms with E-state index < -0.39 is 51.8 Å². The molecular weight excluding hydrogens is 542 g/mol. The van der Waals surface area contributed by atoms with E-state index in [0.717, 1.165) is 23.5 Å². The lowest BCUT2D eigenvalue weighted by atomic mass is 9.86. The van der Waals surface area contributed by atoms with Crippen LogP contribution in [0, 0.1) is 5.92 Å². The van der Waals surface area contributed by atoms with E-state index in [0.29, 0.717) is 30.8 Å². The van der Waals surface area contributed by atoms with Gasteiger partial charge in [-0.25, -0.2) is 13.1 Å². The summed E-state index contributed by atoms with van der Waals surface area (Å²) in [4.78, 5) is 13.5. The zero-order valence-corrected chi connectivity index (χ0v) is 22.8. The number of carbonyl (C=O) groups is 1. The molecule has 2 aliphatic rings. The van der Waals surface area contributed by atoms with Crippen molar-refractivity contribution >= 4 is 27.2 Å². The number of benzene rings is 3. The molecule has 0 aromatic heterocycles. The van der Waals surface area contributed by atoms with Crippen molar-refractivity contribution < 1.29 is 36.6 Å². The second-order valence-corrected chi connectivity index (χ2v) is 12.0. The van der Waals surface area contributed by atoms with Crippen LogP contribution >= 0.6 is 0 Å². The lowest BCUT2D eigenvalue weighted by molar-refractivity contribution is -0.193. The lowest BCUT2D eigenvalue weighted by Gasteiger charge is -2.44. The molecule has 3 aromatic rings. The first-order chi connectivity index (χ1) is 19.0. The Morgan fingerprint density at radius 2 is 1.65 bits per heavy atom. The van der Waals surface area contributed by atoms with E-state index in [1.807, 2.05) is 53.4 Å². The van der Waals surface area contributed by atoms with Crippen LogP contribution in [0.25, 0.3) is 0 Å². The predicted molar refractivity (Wildman–Crippen MR) is 145 cm³/mol. The topological polar surface area (TPSA) is 105 Å². The van der Waals surface area contributed by atoms with Crippen LogP contribution in [0.15, 0.2) is 77.7 Å². The maximum absolute atomic E-state index is 14.3. The first-order valence-corrected chi connectivity index (χ1v) is 14.5. The molecular formula is C29H30F2N2O6S. The second-order valence-electron chi connectivity index (χ2n) is 10.2. The van der Waals surface area contributed by atoms with Crippen LogP contribution in [0.5, 0.6) is 17.2 Å². The Labute approximate surface area is 231 Å². The molecule has 0 amide bonds. The minimum atomic E-state index is -4.25. The highest BCUT2D eigenvalue weighted by Crippen LogP contribution is 2.49. The molecule has 1 unspecified atom stereocenters. The van der Waals surface area contributed by atoms with Crippen molar-refractivity contribution in [1.82, 2.24) is 4.72 Å². The molecule has 0 spiro atoms. The van der Waals surface area contributed by atoms with Gasteiger partial charge in [0.2, 0.25) is 15.8 Å². The number of alkyl halides is 2. The maximum atomic E-state index is 14.3. The van der Waals surface area contributed by atoms with Gasteiger partial charge in [-0.1, -0.05) is 44.2 Å². The number of nitrogens with one attached hydrogen (secondary N) is 1. The minimum absolute atomic E-state index is 0.325. The second kappa shape index (κ2) is 10.8. The quantitative estimate of drug-likeness (QED) is 0.373. The molecule has 11 heteroatoms. The number of aliphatic hydroxyl groups excluding tert-OH is 1. The summed E-state index contributed by atoms with van der Waals surface area (Å²) in [5.74, 6) is -1.61. The van der Waals surface area contributed by atoms with Gasteiger partial charge in [0.1, 0.15) is 5.75 Å². The average Bonchev–Trinajstić information content (AvgIpc) is 2.92. The van der Waals surface area contributed by atoms with E-state index in [1.54, 1.807) is 0 Å². The van der Waals surface area contributed by atoms with Gasteiger partial charge in [-0.2, -0.15) is 8.78 Å². The molecule has 3 atom stereocenters. The Hall–Kier alpha value is -3.54. The van der Waals surface area contributed by atoms with Gasteiger partial charge in [-0.05, 0) is 55.7 Å². The van der Waals surface area contributed by atoms with Crippen molar-refractivity contribution in [3.05, 3.63) is 72.8 Å². The summed E-state index contributed by atoms with van der Waals surface area (Å²) in [5.41, 5.74) is 1.52. The third-order valence-corrected chi connectivity index (χ3v) is 8.59. The summed E-state index contributed by atoms with van der Waals surface area (Å²) in [6, 6.07) is 18.1. The number of ketones is 1. The molecule has 5 rings (SSSR count). The fraction of sp³-hybridized carbons (Fsp3) is 0.345. The van der Waals surface area contributed by atoms with Crippen LogP contribution in [0.1, 0.15) is 33.1 Å². The zero-order valence-electron chi connectivity index (χ0n) is 22.0. The first-order valence-electron chi connectivity index (χ1n) is 13.0. The smallest absolute Gasteiger partial charge is 0.453 e. The predicted octanol–water partition coefficient (Wildman–Crippen LogP) is 5.39. The molecule has 8 nitrogen and oxygen atoms in total. The number of fused-ring (bicyclic) bond motifs is 2. The van der Waals surface area contributed by atoms with Crippen LogP contribution in [0.4, 0.5) is 20.2 Å². The molecule has 2 N–H and O–H groups in total. The molecule has 212 valence electrons. The number of carbonyl (C=O) groups excluding carboxylic acids is 1. The SMILES string of the molecule is CC(C)C(=O)C(F)(F)Oc1cccc(S(=O)(=O)NC2CCC[C@H](N3c4ccccc4Oc4ccccc43)[C@H]2O)c1. The Morgan fingerprint density at radius 3 is 2.27 bits per heavy atom. The largest absolute Gasteiger partial charge is 0.461 e. The van der Waals surface area contributed by atoms with E-state index in [1.165, 1.54) is 26.0 Å². The van der Waals surface area contributed by atoms with Gasteiger partial charge in [0.05, 0.1) is 34.5 Å². The summed E-state index contributed by atoms with van der Waals surface area (Å²) < 4.78 is 68.4. The van der Waals surface area contributed by atoms with E-state index in [9.17, 15) is 27.1 Å². The number of aliphatic hydroxyl groups is 1. The number of para-hydroxylation sites is 4. The van der Waals surface area contributed by atoms with Gasteiger partial charge in [0, 0.05) is 12.0 Å². The monoisotopic (exact) mass is 572 g/mol. The van der Waals surface area contributed by atoms with Crippen molar-refractivity contribution in [3.8, 4) is 17.2 Å². The molecule has 1 aliphatic carbocycles. The number of ether oxygens (including phenoxy) is 2. The van der Waals surface area contributed by atoms with E-state index in [2.05, 4.69) is 9.46 Å². The Balaban J connectivity index is 1.38. The van der Waals surface area contributed by atoms with Crippen LogP contribution in [-0.4, -0.2) is 43.6 Å². The number of Topliss-reactive ketones (excluding diaryl/α,β-unsaturated/α-hetero) is 1. The summed E-state index contributed by atoms with van der Waals surface area (Å²) in [6.45, 7) is 2.64. The third-order valence-electron chi connectivity index (χ3n) is 7.10. The van der Waals surface area contributed by atoms with Crippen LogP contribution in [0.2, 0.25) is 0 Å². The molecule has 3 aromatic carbocycles. The average molecular weight is 573 g/mol. The number of anilines is 2. The molecule has 1 heterocycles. The molecule has 1 fully saturated rings. The van der Waals surface area contributed by atoms with Crippen molar-refractivity contribution in [1.29, 1.82) is 0 Å². The highest BCUT2D eigenvalue weighted by Gasteiger charge is 2.44. The fourth-order valence-electron chi connectivity index (χ4n) is 5.16. The normalized spacial score (nSPS) is 20.9. The molecule has 40 heavy (non-hydrogen) atoms. The summed E-state index contributed by atoms with van der Waals surface area (Å²) in [5, 5.41) is 11.5. The number of halogens is 2. The maximum Gasteiger partial charge on any atom is 0.461 e. The van der Waals surface area contributed by atoms with Gasteiger partial charge in [0.25, 0.3) is 0 Å². The molecule has 0 saturated heterocycles. The number of nitrogens with zero attached hydrogens (tertiary/aromatic N) is 1. The highest BCUT2D eigenvalue weighted by molar-refractivity contribution is 7.89. The molecule has 0 radical (unpaired) electrons. The Morgan fingerprint density at radius 1 is 1.02 bits per heavy atom. The minimum Gasteiger partial charge on any atom is -0.453 e. The molecule has 1 saturated carbocycles. The van der Waals surface area contributed by atoms with Crippen LogP contribution in [0.3, 0.4) is 0 Å². The first kappa shape index (κ1) is 28.0. The highest BCUT2D eigenvalue weighted by atomic mass is 32.2. The fourth-order valence-corrected chi connectivity index (χ4v) is 6.49. The van der Waals surface area contributed by atoms with Crippen molar-refractivity contribution in [2.45, 2.75) is 62.3 Å². The number of sulfonamides is 1. The van der Waals surface area contributed by atoms with E-state index in [4.69, 9.17) is 4.74 Å². The number of rotatable bonds is 8. The summed E-state index contributed by atoms with van der Waals surface area (Å²) in [6.07, 6.45) is -3.60. The Bertz CT molecular complexity index is 1470. The zero-order chi connectivity index (χ0) is 28.7. The van der Waals surface area contributed by atoms with Crippen LogP contribution < -0.4 is 19.1 Å². The summed E-state index contributed by atoms with van der Waals surface area (Å²) in [7, 11) is -4.25. The van der Waals surface area contributed by atoms with Crippen molar-refractivity contribution in [3.63, 3.8) is 0 Å². The number of hydrogen-bond acceptors (Lipinski definition) is 7. The van der Waals surface area contributed by atoms with Crippen molar-refractivity contribution in [2.24, 2.45) is 5.92 Å². The third kappa shape index (κ3) is 5.41. The Kier molecular flexibility index (Phi) is 7.56.